The van der Waals surface area contributed by atoms with Crippen molar-refractivity contribution in [3.05, 3.63) is 106 Å². The van der Waals surface area contributed by atoms with Gasteiger partial charge in [-0.25, -0.2) is 0 Å². The van der Waals surface area contributed by atoms with Crippen molar-refractivity contribution in [2.45, 2.75) is 19.0 Å². The molecule has 1 nitrogen and oxygen atoms in total. The molecule has 0 aromatic heterocycles. The van der Waals surface area contributed by atoms with Crippen LogP contribution in [0.1, 0.15) is 35.7 Å². The van der Waals surface area contributed by atoms with Crippen LogP contribution < -0.4 is 5.32 Å². The lowest BCUT2D eigenvalue weighted by molar-refractivity contribution is 0.515. The lowest BCUT2D eigenvalue weighted by atomic mass is 9.97. The molecule has 0 bridgehead atoms. The van der Waals surface area contributed by atoms with E-state index in [1.54, 1.807) is 0 Å². The van der Waals surface area contributed by atoms with Crippen LogP contribution in [0.4, 0.5) is 0 Å². The predicted octanol–water partition coefficient (Wildman–Crippen LogP) is 5.89. The Morgan fingerprint density at radius 3 is 1.70 bits per heavy atom. The molecule has 0 heterocycles. The summed E-state index contributed by atoms with van der Waals surface area (Å²) in [6.07, 6.45) is 0. The van der Waals surface area contributed by atoms with Gasteiger partial charge in [-0.2, -0.15) is 0 Å². The van der Waals surface area contributed by atoms with E-state index in [-0.39, 0.29) is 12.1 Å². The SMILES string of the molecule is CC(NC(c1ccccc1)c1ccccc1)c1ccccc1Br. The monoisotopic (exact) mass is 365 g/mol. The summed E-state index contributed by atoms with van der Waals surface area (Å²) in [7, 11) is 0. The average Bonchev–Trinajstić information content (AvgIpc) is 2.61. The van der Waals surface area contributed by atoms with E-state index in [9.17, 15) is 0 Å². The molecule has 1 N–H and O–H groups in total. The van der Waals surface area contributed by atoms with Crippen molar-refractivity contribution in [1.82, 2.24) is 5.32 Å². The molecule has 3 aromatic rings. The summed E-state index contributed by atoms with van der Waals surface area (Å²) >= 11 is 3.66. The Morgan fingerprint density at radius 1 is 0.696 bits per heavy atom. The minimum atomic E-state index is 0.166. The van der Waals surface area contributed by atoms with Gasteiger partial charge in [-0.05, 0) is 29.7 Å². The number of hydrogen-bond donors (Lipinski definition) is 1. The topological polar surface area (TPSA) is 12.0 Å². The molecule has 23 heavy (non-hydrogen) atoms. The minimum absolute atomic E-state index is 0.166. The summed E-state index contributed by atoms with van der Waals surface area (Å²) in [4.78, 5) is 0. The molecule has 3 rings (SSSR count). The summed E-state index contributed by atoms with van der Waals surface area (Å²) in [6, 6.07) is 30.0. The molecule has 0 spiro atoms. The van der Waals surface area contributed by atoms with Gasteiger partial charge in [-0.15, -0.1) is 0 Å². The van der Waals surface area contributed by atoms with Gasteiger partial charge in [-0.1, -0.05) is 94.8 Å². The Bertz CT molecular complexity index is 701. The average molecular weight is 366 g/mol. The summed E-state index contributed by atoms with van der Waals surface area (Å²) in [5.74, 6) is 0. The fourth-order valence-electron chi connectivity index (χ4n) is 2.84. The highest BCUT2D eigenvalue weighted by molar-refractivity contribution is 9.10. The van der Waals surface area contributed by atoms with Gasteiger partial charge in [0.2, 0.25) is 0 Å². The molecular weight excluding hydrogens is 346 g/mol. The number of hydrogen-bond acceptors (Lipinski definition) is 1. The van der Waals surface area contributed by atoms with E-state index in [1.165, 1.54) is 16.7 Å². The molecule has 0 aliphatic carbocycles. The maximum atomic E-state index is 3.78. The van der Waals surface area contributed by atoms with E-state index in [0.717, 1.165) is 4.47 Å². The summed E-state index contributed by atoms with van der Waals surface area (Å²) in [5.41, 5.74) is 3.82. The zero-order chi connectivity index (χ0) is 16.1. The highest BCUT2D eigenvalue weighted by Crippen LogP contribution is 2.28. The first-order chi connectivity index (χ1) is 11.3. The van der Waals surface area contributed by atoms with Crippen LogP contribution in [0.15, 0.2) is 89.4 Å². The van der Waals surface area contributed by atoms with Crippen LogP contribution in [0.5, 0.6) is 0 Å². The molecule has 116 valence electrons. The third kappa shape index (κ3) is 3.90. The molecule has 3 aromatic carbocycles. The summed E-state index contributed by atoms with van der Waals surface area (Å²) in [6.45, 7) is 2.21. The van der Waals surface area contributed by atoms with Crippen LogP contribution in [0.25, 0.3) is 0 Å². The van der Waals surface area contributed by atoms with Gasteiger partial charge in [-0.3, -0.25) is 5.32 Å². The molecule has 1 unspecified atom stereocenters. The molecule has 0 amide bonds. The molecule has 0 fully saturated rings. The van der Waals surface area contributed by atoms with E-state index >= 15 is 0 Å². The van der Waals surface area contributed by atoms with Gasteiger partial charge in [0.1, 0.15) is 0 Å². The van der Waals surface area contributed by atoms with Crippen molar-refractivity contribution in [3.8, 4) is 0 Å². The van der Waals surface area contributed by atoms with E-state index in [4.69, 9.17) is 0 Å². The molecule has 2 heteroatoms. The second-order valence-corrected chi connectivity index (χ2v) is 6.52. The van der Waals surface area contributed by atoms with Gasteiger partial charge < -0.3 is 0 Å². The van der Waals surface area contributed by atoms with Gasteiger partial charge in [0.25, 0.3) is 0 Å². The standard InChI is InChI=1S/C21H20BrN/c1-16(19-14-8-9-15-20(19)22)23-21(17-10-4-2-5-11-17)18-12-6-3-7-13-18/h2-16,21,23H,1H3. The van der Waals surface area contributed by atoms with Crippen LogP contribution >= 0.6 is 15.9 Å². The highest BCUT2D eigenvalue weighted by Gasteiger charge is 2.18. The normalized spacial score (nSPS) is 12.3. The van der Waals surface area contributed by atoms with Crippen LogP contribution in [-0.4, -0.2) is 0 Å². The van der Waals surface area contributed by atoms with Gasteiger partial charge in [0, 0.05) is 10.5 Å². The highest BCUT2D eigenvalue weighted by atomic mass is 79.9. The lowest BCUT2D eigenvalue weighted by Crippen LogP contribution is -2.25. The second-order valence-electron chi connectivity index (χ2n) is 5.66. The van der Waals surface area contributed by atoms with Crippen molar-refractivity contribution >= 4 is 15.9 Å². The second kappa shape index (κ2) is 7.58. The molecule has 0 saturated carbocycles. The molecule has 0 saturated heterocycles. The maximum Gasteiger partial charge on any atom is 0.0581 e. The smallest absolute Gasteiger partial charge is 0.0581 e. The number of benzene rings is 3. The molecule has 0 aliphatic rings. The lowest BCUT2D eigenvalue weighted by Gasteiger charge is -2.25. The first-order valence-electron chi connectivity index (χ1n) is 7.86. The van der Waals surface area contributed by atoms with Gasteiger partial charge in [0.15, 0.2) is 0 Å². The Kier molecular flexibility index (Phi) is 5.27. The van der Waals surface area contributed by atoms with Crippen LogP contribution in [0.3, 0.4) is 0 Å². The molecule has 0 radical (unpaired) electrons. The minimum Gasteiger partial charge on any atom is -0.300 e. The van der Waals surface area contributed by atoms with E-state index in [0.29, 0.717) is 0 Å². The van der Waals surface area contributed by atoms with Gasteiger partial charge >= 0.3 is 0 Å². The quantitative estimate of drug-likeness (QED) is 0.594. The molecule has 0 aliphatic heterocycles. The predicted molar refractivity (Wildman–Crippen MR) is 100 cm³/mol. The van der Waals surface area contributed by atoms with Crippen molar-refractivity contribution in [3.63, 3.8) is 0 Å². The summed E-state index contributed by atoms with van der Waals surface area (Å²) in [5, 5.41) is 3.78. The van der Waals surface area contributed by atoms with Crippen molar-refractivity contribution < 1.29 is 0 Å². The first kappa shape index (κ1) is 16.0. The Morgan fingerprint density at radius 2 is 1.17 bits per heavy atom. The number of halogens is 1. The Balaban J connectivity index is 1.92. The largest absolute Gasteiger partial charge is 0.300 e. The maximum absolute atomic E-state index is 3.78. The molecule has 1 atom stereocenters. The fraction of sp³-hybridized carbons (Fsp3) is 0.143. The first-order valence-corrected chi connectivity index (χ1v) is 8.65. The van der Waals surface area contributed by atoms with Crippen LogP contribution in [-0.2, 0) is 0 Å². The number of nitrogens with one attached hydrogen (secondary N) is 1. The third-order valence-electron chi connectivity index (χ3n) is 4.05. The zero-order valence-corrected chi connectivity index (χ0v) is 14.7. The van der Waals surface area contributed by atoms with Crippen LogP contribution in [0.2, 0.25) is 0 Å². The van der Waals surface area contributed by atoms with Crippen molar-refractivity contribution in [2.24, 2.45) is 0 Å². The van der Waals surface area contributed by atoms with Crippen LogP contribution in [0, 0.1) is 0 Å². The van der Waals surface area contributed by atoms with Gasteiger partial charge in [0.05, 0.1) is 6.04 Å². The zero-order valence-electron chi connectivity index (χ0n) is 13.1. The van der Waals surface area contributed by atoms with Crippen molar-refractivity contribution in [2.75, 3.05) is 0 Å². The van der Waals surface area contributed by atoms with E-state index in [2.05, 4.69) is 107 Å². The van der Waals surface area contributed by atoms with Crippen molar-refractivity contribution in [1.29, 1.82) is 0 Å². The third-order valence-corrected chi connectivity index (χ3v) is 4.78. The molecular formula is C21H20BrN. The van der Waals surface area contributed by atoms with E-state index < -0.39 is 0 Å². The fourth-order valence-corrected chi connectivity index (χ4v) is 3.47. The summed E-state index contributed by atoms with van der Waals surface area (Å²) < 4.78 is 1.14. The van der Waals surface area contributed by atoms with E-state index in [1.807, 2.05) is 6.07 Å². The number of rotatable bonds is 5. The Labute approximate surface area is 146 Å². The Hall–Kier alpha value is -1.90.